The van der Waals surface area contributed by atoms with Gasteiger partial charge in [-0.05, 0) is 42.3 Å². The van der Waals surface area contributed by atoms with Gasteiger partial charge in [-0.25, -0.2) is 4.98 Å². The number of hydrogen-bond donors (Lipinski definition) is 1. The van der Waals surface area contributed by atoms with E-state index in [1.807, 2.05) is 42.5 Å². The molecule has 7 heteroatoms. The Labute approximate surface area is 166 Å². The van der Waals surface area contributed by atoms with E-state index >= 15 is 0 Å². The first kappa shape index (κ1) is 19.2. The number of amides is 1. The summed E-state index contributed by atoms with van der Waals surface area (Å²) in [6.45, 7) is 0.516. The minimum Gasteiger partial charge on any atom is -0.493 e. The fourth-order valence-corrected chi connectivity index (χ4v) is 3.59. The maximum absolute atomic E-state index is 12.3. The molecular formula is C20H19ClN2O3S. The van der Waals surface area contributed by atoms with Crippen molar-refractivity contribution >= 4 is 28.8 Å². The van der Waals surface area contributed by atoms with Gasteiger partial charge < -0.3 is 14.8 Å². The smallest absolute Gasteiger partial charge is 0.270 e. The molecule has 1 N–H and O–H groups in total. The third-order valence-corrected chi connectivity index (χ3v) is 5.08. The van der Waals surface area contributed by atoms with Gasteiger partial charge in [-0.3, -0.25) is 4.79 Å². The number of hydrogen-bond acceptors (Lipinski definition) is 5. The number of rotatable bonds is 7. The van der Waals surface area contributed by atoms with E-state index < -0.39 is 0 Å². The van der Waals surface area contributed by atoms with E-state index in [9.17, 15) is 4.79 Å². The van der Waals surface area contributed by atoms with Gasteiger partial charge in [0.15, 0.2) is 11.5 Å². The summed E-state index contributed by atoms with van der Waals surface area (Å²) in [5, 5.41) is 6.08. The number of methoxy groups -OCH3 is 2. The maximum atomic E-state index is 12.3. The van der Waals surface area contributed by atoms with Crippen molar-refractivity contribution in [3.05, 3.63) is 64.1 Å². The molecule has 3 rings (SSSR count). The number of aromatic nitrogens is 1. The highest BCUT2D eigenvalue weighted by Crippen LogP contribution is 2.33. The SMILES string of the molecule is COc1ccc(-c2nc(C(=O)NCCc3cccc(Cl)c3)cs2)cc1OC. The molecule has 5 nitrogen and oxygen atoms in total. The van der Waals surface area contributed by atoms with Crippen LogP contribution in [0.3, 0.4) is 0 Å². The predicted octanol–water partition coefficient (Wildman–Crippen LogP) is 4.45. The van der Waals surface area contributed by atoms with Crippen molar-refractivity contribution in [2.24, 2.45) is 0 Å². The molecule has 0 aliphatic rings. The van der Waals surface area contributed by atoms with Crippen molar-refractivity contribution < 1.29 is 14.3 Å². The van der Waals surface area contributed by atoms with E-state index in [2.05, 4.69) is 10.3 Å². The Morgan fingerprint density at radius 3 is 2.70 bits per heavy atom. The molecule has 0 saturated carbocycles. The standard InChI is InChI=1S/C20H19ClN2O3S/c1-25-17-7-6-14(11-18(17)26-2)20-23-16(12-27-20)19(24)22-9-8-13-4-3-5-15(21)10-13/h3-7,10-12H,8-9H2,1-2H3,(H,22,24). The number of halogens is 1. The van der Waals surface area contributed by atoms with E-state index in [0.29, 0.717) is 35.2 Å². The average molecular weight is 403 g/mol. The maximum Gasteiger partial charge on any atom is 0.270 e. The van der Waals surface area contributed by atoms with Crippen LogP contribution in [0.25, 0.3) is 10.6 Å². The lowest BCUT2D eigenvalue weighted by Crippen LogP contribution is -2.25. The highest BCUT2D eigenvalue weighted by atomic mass is 35.5. The molecule has 0 spiro atoms. The number of carbonyl (C=O) groups excluding carboxylic acids is 1. The first-order chi connectivity index (χ1) is 13.1. The van der Waals surface area contributed by atoms with Gasteiger partial charge in [-0.15, -0.1) is 11.3 Å². The summed E-state index contributed by atoms with van der Waals surface area (Å²) in [7, 11) is 3.18. The van der Waals surface area contributed by atoms with Crippen LogP contribution >= 0.6 is 22.9 Å². The molecule has 0 saturated heterocycles. The predicted molar refractivity (Wildman–Crippen MR) is 108 cm³/mol. The molecule has 1 heterocycles. The summed E-state index contributed by atoms with van der Waals surface area (Å²) < 4.78 is 10.6. The number of carbonyl (C=O) groups is 1. The third kappa shape index (κ3) is 4.78. The molecule has 27 heavy (non-hydrogen) atoms. The Morgan fingerprint density at radius 2 is 1.96 bits per heavy atom. The van der Waals surface area contributed by atoms with Crippen molar-refractivity contribution in [1.29, 1.82) is 0 Å². The summed E-state index contributed by atoms with van der Waals surface area (Å²) >= 11 is 7.38. The molecule has 1 amide bonds. The van der Waals surface area contributed by atoms with Gasteiger partial charge in [0.05, 0.1) is 14.2 Å². The molecule has 0 bridgehead atoms. The van der Waals surface area contributed by atoms with Crippen LogP contribution in [0, 0.1) is 0 Å². The zero-order valence-corrected chi connectivity index (χ0v) is 16.6. The lowest BCUT2D eigenvalue weighted by atomic mass is 10.1. The minimum atomic E-state index is -0.194. The molecule has 140 valence electrons. The fraction of sp³-hybridized carbons (Fsp3) is 0.200. The molecule has 1 aromatic heterocycles. The molecule has 3 aromatic rings. The Kier molecular flexibility index (Phi) is 6.32. The highest BCUT2D eigenvalue weighted by Gasteiger charge is 2.13. The largest absolute Gasteiger partial charge is 0.493 e. The Balaban J connectivity index is 1.64. The third-order valence-electron chi connectivity index (χ3n) is 3.96. The van der Waals surface area contributed by atoms with Crippen molar-refractivity contribution in [2.75, 3.05) is 20.8 Å². The van der Waals surface area contributed by atoms with Crippen LogP contribution in [-0.2, 0) is 6.42 Å². The van der Waals surface area contributed by atoms with Crippen molar-refractivity contribution in [3.63, 3.8) is 0 Å². The molecule has 2 aromatic carbocycles. The van der Waals surface area contributed by atoms with Crippen molar-refractivity contribution in [1.82, 2.24) is 10.3 Å². The van der Waals surface area contributed by atoms with Crippen LogP contribution in [-0.4, -0.2) is 31.7 Å². The van der Waals surface area contributed by atoms with Gasteiger partial charge in [0.1, 0.15) is 10.7 Å². The zero-order valence-electron chi connectivity index (χ0n) is 15.0. The molecular weight excluding hydrogens is 384 g/mol. The van der Waals surface area contributed by atoms with Crippen LogP contribution in [0.4, 0.5) is 0 Å². The van der Waals surface area contributed by atoms with E-state index in [0.717, 1.165) is 16.1 Å². The van der Waals surface area contributed by atoms with Gasteiger partial charge in [0.25, 0.3) is 5.91 Å². The van der Waals surface area contributed by atoms with E-state index in [1.165, 1.54) is 11.3 Å². The number of benzene rings is 2. The first-order valence-electron chi connectivity index (χ1n) is 8.31. The Morgan fingerprint density at radius 1 is 1.15 bits per heavy atom. The molecule has 0 unspecified atom stereocenters. The Bertz CT molecular complexity index is 942. The molecule has 0 aliphatic heterocycles. The van der Waals surface area contributed by atoms with Gasteiger partial charge in [-0.1, -0.05) is 23.7 Å². The van der Waals surface area contributed by atoms with E-state index in [4.69, 9.17) is 21.1 Å². The normalized spacial score (nSPS) is 10.5. The topological polar surface area (TPSA) is 60.5 Å². The Hall–Kier alpha value is -2.57. The van der Waals surface area contributed by atoms with Gasteiger partial charge >= 0.3 is 0 Å². The van der Waals surface area contributed by atoms with Crippen LogP contribution in [0.2, 0.25) is 5.02 Å². The second-order valence-corrected chi connectivity index (χ2v) is 7.04. The number of ether oxygens (including phenoxy) is 2. The molecule has 0 aliphatic carbocycles. The van der Waals surface area contributed by atoms with Crippen molar-refractivity contribution in [2.45, 2.75) is 6.42 Å². The van der Waals surface area contributed by atoms with Crippen LogP contribution < -0.4 is 14.8 Å². The summed E-state index contributed by atoms with van der Waals surface area (Å²) in [6, 6.07) is 13.2. The second kappa shape index (κ2) is 8.88. The van der Waals surface area contributed by atoms with Gasteiger partial charge in [0.2, 0.25) is 0 Å². The molecule has 0 atom stereocenters. The first-order valence-corrected chi connectivity index (χ1v) is 9.57. The zero-order chi connectivity index (χ0) is 19.2. The highest BCUT2D eigenvalue weighted by molar-refractivity contribution is 7.13. The fourth-order valence-electron chi connectivity index (χ4n) is 2.58. The summed E-state index contributed by atoms with van der Waals surface area (Å²) in [5.41, 5.74) is 2.35. The summed E-state index contributed by atoms with van der Waals surface area (Å²) in [4.78, 5) is 16.8. The number of nitrogens with one attached hydrogen (secondary N) is 1. The number of thiazole rings is 1. The second-order valence-electron chi connectivity index (χ2n) is 5.74. The van der Waals surface area contributed by atoms with Crippen LogP contribution in [0.5, 0.6) is 11.5 Å². The lowest BCUT2D eigenvalue weighted by molar-refractivity contribution is 0.0950. The van der Waals surface area contributed by atoms with Gasteiger partial charge in [0, 0.05) is 22.5 Å². The average Bonchev–Trinajstić information content (AvgIpc) is 3.17. The van der Waals surface area contributed by atoms with E-state index in [-0.39, 0.29) is 5.91 Å². The molecule has 0 fully saturated rings. The van der Waals surface area contributed by atoms with Crippen LogP contribution in [0.1, 0.15) is 16.1 Å². The summed E-state index contributed by atoms with van der Waals surface area (Å²) in [5.74, 6) is 1.08. The number of nitrogens with zero attached hydrogens (tertiary/aromatic N) is 1. The monoisotopic (exact) mass is 402 g/mol. The quantitative estimate of drug-likeness (QED) is 0.634. The van der Waals surface area contributed by atoms with Crippen molar-refractivity contribution in [3.8, 4) is 22.1 Å². The van der Waals surface area contributed by atoms with Gasteiger partial charge in [-0.2, -0.15) is 0 Å². The van der Waals surface area contributed by atoms with E-state index in [1.54, 1.807) is 19.6 Å². The lowest BCUT2D eigenvalue weighted by Gasteiger charge is -2.08. The van der Waals surface area contributed by atoms with Crippen LogP contribution in [0.15, 0.2) is 47.8 Å². The molecule has 0 radical (unpaired) electrons. The summed E-state index contributed by atoms with van der Waals surface area (Å²) in [6.07, 6.45) is 0.707. The minimum absolute atomic E-state index is 0.194.